The molecule has 0 aliphatic carbocycles. The SMILES string of the molecule is C=C(Br)CNC(=O)c1cccn1C1CCNCC1. The van der Waals surface area contributed by atoms with Crippen LogP contribution in [0.2, 0.25) is 0 Å². The van der Waals surface area contributed by atoms with Gasteiger partial charge in [-0.05, 0) is 38.1 Å². The van der Waals surface area contributed by atoms with Crippen LogP contribution in [0.15, 0.2) is 29.4 Å². The van der Waals surface area contributed by atoms with E-state index in [4.69, 9.17) is 0 Å². The van der Waals surface area contributed by atoms with Gasteiger partial charge in [0.05, 0.1) is 0 Å². The highest BCUT2D eigenvalue weighted by molar-refractivity contribution is 9.11. The van der Waals surface area contributed by atoms with E-state index >= 15 is 0 Å². The molecule has 0 atom stereocenters. The first-order chi connectivity index (χ1) is 8.68. The van der Waals surface area contributed by atoms with E-state index in [1.54, 1.807) is 0 Å². The zero-order valence-electron chi connectivity index (χ0n) is 10.3. The Morgan fingerprint density at radius 1 is 1.56 bits per heavy atom. The van der Waals surface area contributed by atoms with Crippen molar-refractivity contribution in [2.45, 2.75) is 18.9 Å². The number of hydrogen-bond acceptors (Lipinski definition) is 2. The number of nitrogens with zero attached hydrogens (tertiary/aromatic N) is 1. The lowest BCUT2D eigenvalue weighted by Gasteiger charge is -2.25. The van der Waals surface area contributed by atoms with Gasteiger partial charge in [0.15, 0.2) is 0 Å². The van der Waals surface area contributed by atoms with Crippen LogP contribution in [-0.4, -0.2) is 30.1 Å². The second-order valence-electron chi connectivity index (χ2n) is 4.48. The van der Waals surface area contributed by atoms with Crippen LogP contribution in [0.25, 0.3) is 0 Å². The van der Waals surface area contributed by atoms with Crippen LogP contribution in [0.5, 0.6) is 0 Å². The highest BCUT2D eigenvalue weighted by Gasteiger charge is 2.19. The van der Waals surface area contributed by atoms with Gasteiger partial charge in [-0.3, -0.25) is 4.79 Å². The van der Waals surface area contributed by atoms with Crippen LogP contribution in [-0.2, 0) is 0 Å². The van der Waals surface area contributed by atoms with E-state index in [0.29, 0.717) is 12.6 Å². The molecule has 1 aliphatic rings. The third-order valence-corrected chi connectivity index (χ3v) is 3.43. The van der Waals surface area contributed by atoms with Crippen LogP contribution in [0.3, 0.4) is 0 Å². The molecule has 0 spiro atoms. The van der Waals surface area contributed by atoms with Crippen molar-refractivity contribution in [2.24, 2.45) is 0 Å². The molecule has 18 heavy (non-hydrogen) atoms. The summed E-state index contributed by atoms with van der Waals surface area (Å²) in [7, 11) is 0. The largest absolute Gasteiger partial charge is 0.346 e. The van der Waals surface area contributed by atoms with Crippen molar-refractivity contribution >= 4 is 21.8 Å². The van der Waals surface area contributed by atoms with Crippen molar-refractivity contribution in [2.75, 3.05) is 19.6 Å². The third-order valence-electron chi connectivity index (χ3n) is 3.15. The Bertz CT molecular complexity index is 435. The highest BCUT2D eigenvalue weighted by Crippen LogP contribution is 2.21. The van der Waals surface area contributed by atoms with Gasteiger partial charge in [0, 0.05) is 23.3 Å². The summed E-state index contributed by atoms with van der Waals surface area (Å²) < 4.78 is 2.86. The number of aromatic nitrogens is 1. The molecule has 98 valence electrons. The van der Waals surface area contributed by atoms with Crippen molar-refractivity contribution in [3.63, 3.8) is 0 Å². The summed E-state index contributed by atoms with van der Waals surface area (Å²) in [5.74, 6) is -0.0425. The number of hydrogen-bond donors (Lipinski definition) is 2. The first-order valence-electron chi connectivity index (χ1n) is 6.17. The Balaban J connectivity index is 2.06. The lowest BCUT2D eigenvalue weighted by Crippen LogP contribution is -2.32. The second-order valence-corrected chi connectivity index (χ2v) is 5.60. The van der Waals surface area contributed by atoms with E-state index in [2.05, 4.69) is 37.7 Å². The zero-order valence-corrected chi connectivity index (χ0v) is 11.9. The van der Waals surface area contributed by atoms with E-state index in [0.717, 1.165) is 36.1 Å². The van der Waals surface area contributed by atoms with Gasteiger partial charge < -0.3 is 15.2 Å². The number of piperidine rings is 1. The number of rotatable bonds is 4. The van der Waals surface area contributed by atoms with Gasteiger partial charge in [-0.1, -0.05) is 22.5 Å². The van der Waals surface area contributed by atoms with Gasteiger partial charge in [0.2, 0.25) is 0 Å². The number of halogens is 1. The molecule has 0 aromatic carbocycles. The van der Waals surface area contributed by atoms with E-state index in [9.17, 15) is 4.79 Å². The maximum atomic E-state index is 12.1. The molecule has 0 unspecified atom stereocenters. The third kappa shape index (κ3) is 3.23. The predicted octanol–water partition coefficient (Wildman–Crippen LogP) is 2.05. The molecule has 1 fully saturated rings. The molecule has 0 saturated carbocycles. The molecular formula is C13H18BrN3O. The van der Waals surface area contributed by atoms with E-state index in [-0.39, 0.29) is 5.91 Å². The van der Waals surface area contributed by atoms with Crippen molar-refractivity contribution in [1.29, 1.82) is 0 Å². The Morgan fingerprint density at radius 2 is 2.28 bits per heavy atom. The maximum Gasteiger partial charge on any atom is 0.268 e. The second kappa shape index (κ2) is 6.20. The van der Waals surface area contributed by atoms with Gasteiger partial charge >= 0.3 is 0 Å². The maximum absolute atomic E-state index is 12.1. The first-order valence-corrected chi connectivity index (χ1v) is 6.97. The molecule has 1 amide bonds. The standard InChI is InChI=1S/C13H18BrN3O/c1-10(14)9-16-13(18)12-3-2-8-17(12)11-4-6-15-7-5-11/h2-3,8,11,15H,1,4-7,9H2,(H,16,18). The fourth-order valence-electron chi connectivity index (χ4n) is 2.26. The Hall–Kier alpha value is -1.07. The average Bonchev–Trinajstić information content (AvgIpc) is 2.86. The summed E-state index contributed by atoms with van der Waals surface area (Å²) in [6.45, 7) is 6.19. The average molecular weight is 312 g/mol. The molecule has 2 N–H and O–H groups in total. The van der Waals surface area contributed by atoms with Crippen LogP contribution in [0.4, 0.5) is 0 Å². The van der Waals surface area contributed by atoms with Gasteiger partial charge in [0.25, 0.3) is 5.91 Å². The summed E-state index contributed by atoms with van der Waals surface area (Å²) in [4.78, 5) is 12.1. The lowest BCUT2D eigenvalue weighted by molar-refractivity contribution is 0.0945. The normalized spacial score (nSPS) is 16.5. The topological polar surface area (TPSA) is 46.1 Å². The number of carbonyl (C=O) groups excluding carboxylic acids is 1. The molecular weight excluding hydrogens is 294 g/mol. The Kier molecular flexibility index (Phi) is 4.60. The number of nitrogens with one attached hydrogen (secondary N) is 2. The summed E-state index contributed by atoms with van der Waals surface area (Å²) in [6.07, 6.45) is 4.13. The molecule has 5 heteroatoms. The fourth-order valence-corrected chi connectivity index (χ4v) is 2.40. The fraction of sp³-hybridized carbons (Fsp3) is 0.462. The molecule has 0 bridgehead atoms. The Labute approximate surface area is 116 Å². The monoisotopic (exact) mass is 311 g/mol. The van der Waals surface area contributed by atoms with Crippen LogP contribution in [0, 0.1) is 0 Å². The molecule has 0 radical (unpaired) electrons. The smallest absolute Gasteiger partial charge is 0.268 e. The van der Waals surface area contributed by atoms with Crippen LogP contribution < -0.4 is 10.6 Å². The lowest BCUT2D eigenvalue weighted by atomic mass is 10.1. The summed E-state index contributed by atoms with van der Waals surface area (Å²) in [5, 5.41) is 6.18. The van der Waals surface area contributed by atoms with Gasteiger partial charge in [0.1, 0.15) is 5.69 Å². The van der Waals surface area contributed by atoms with Gasteiger partial charge in [-0.2, -0.15) is 0 Å². The molecule has 1 saturated heterocycles. The molecule has 2 heterocycles. The van der Waals surface area contributed by atoms with E-state index in [1.807, 2.05) is 18.3 Å². The Morgan fingerprint density at radius 3 is 2.94 bits per heavy atom. The molecule has 1 aromatic rings. The minimum absolute atomic E-state index is 0.0425. The first kappa shape index (κ1) is 13.4. The minimum atomic E-state index is -0.0425. The highest BCUT2D eigenvalue weighted by atomic mass is 79.9. The van der Waals surface area contributed by atoms with Crippen molar-refractivity contribution in [3.8, 4) is 0 Å². The van der Waals surface area contributed by atoms with Gasteiger partial charge in [-0.15, -0.1) is 0 Å². The minimum Gasteiger partial charge on any atom is -0.346 e. The quantitative estimate of drug-likeness (QED) is 0.894. The van der Waals surface area contributed by atoms with Crippen molar-refractivity contribution < 1.29 is 4.79 Å². The molecule has 4 nitrogen and oxygen atoms in total. The summed E-state index contributed by atoms with van der Waals surface area (Å²) >= 11 is 3.24. The number of amides is 1. The summed E-state index contributed by atoms with van der Waals surface area (Å²) in [6, 6.07) is 4.23. The van der Waals surface area contributed by atoms with E-state index in [1.165, 1.54) is 0 Å². The zero-order chi connectivity index (χ0) is 13.0. The molecule has 2 rings (SSSR count). The molecule has 1 aliphatic heterocycles. The van der Waals surface area contributed by atoms with Crippen molar-refractivity contribution in [3.05, 3.63) is 35.1 Å². The van der Waals surface area contributed by atoms with Crippen molar-refractivity contribution in [1.82, 2.24) is 15.2 Å². The summed E-state index contributed by atoms with van der Waals surface area (Å²) in [5.41, 5.74) is 0.732. The predicted molar refractivity (Wildman–Crippen MR) is 76.0 cm³/mol. The number of carbonyl (C=O) groups is 1. The van der Waals surface area contributed by atoms with Crippen LogP contribution >= 0.6 is 15.9 Å². The van der Waals surface area contributed by atoms with E-state index < -0.39 is 0 Å². The molecule has 1 aromatic heterocycles. The van der Waals surface area contributed by atoms with Crippen LogP contribution in [0.1, 0.15) is 29.4 Å². The van der Waals surface area contributed by atoms with Gasteiger partial charge in [-0.25, -0.2) is 0 Å².